The third kappa shape index (κ3) is 0.849. The summed E-state index contributed by atoms with van der Waals surface area (Å²) in [6.45, 7) is 13.5. The van der Waals surface area contributed by atoms with Crippen LogP contribution < -0.4 is 0 Å². The smallest absolute Gasteiger partial charge is 0.000803 e. The van der Waals surface area contributed by atoms with Crippen molar-refractivity contribution in [1.82, 2.24) is 0 Å². The van der Waals surface area contributed by atoms with Crippen LogP contribution in [0.1, 0.15) is 20.8 Å². The van der Waals surface area contributed by atoms with Crippen molar-refractivity contribution >= 4 is 0 Å². The van der Waals surface area contributed by atoms with Crippen molar-refractivity contribution in [2.24, 2.45) is 0 Å². The molecule has 0 nitrogen and oxygen atoms in total. The van der Waals surface area contributed by atoms with Crippen molar-refractivity contribution in [3.63, 3.8) is 0 Å². The fourth-order valence-electron chi connectivity index (χ4n) is 0.998. The Bertz CT molecular complexity index is 214. The first-order valence-electron chi connectivity index (χ1n) is 3.08. The summed E-state index contributed by atoms with van der Waals surface area (Å²) in [5, 5.41) is 0. The molecule has 0 heterocycles. The van der Waals surface area contributed by atoms with Crippen molar-refractivity contribution in [2.45, 2.75) is 20.8 Å². The molecule has 0 aliphatic heterocycles. The van der Waals surface area contributed by atoms with Gasteiger partial charge in [-0.05, 0) is 49.6 Å². The summed E-state index contributed by atoms with van der Waals surface area (Å²) in [5.74, 6) is 0. The van der Waals surface area contributed by atoms with Crippen LogP contribution in [0.25, 0.3) is 0 Å². The molecule has 9 heavy (non-hydrogen) atoms. The third-order valence-corrected chi connectivity index (χ3v) is 1.79. The minimum absolute atomic E-state index is 0.701. The lowest BCUT2D eigenvalue weighted by Gasteiger charge is -1.95. The molecular weight excluding hydrogens is 108 g/mol. The highest BCUT2D eigenvalue weighted by atomic mass is 14.1. The molecule has 0 unspecified atom stereocenters. The summed E-state index contributed by atoms with van der Waals surface area (Å²) >= 11 is 0. The quantitative estimate of drug-likeness (QED) is 0.458. The zero-order valence-corrected chi connectivity index (χ0v) is 6.08. The maximum absolute atomic E-state index is 7.46. The molecule has 0 aromatic rings. The molecule has 0 saturated carbocycles. The van der Waals surface area contributed by atoms with Gasteiger partial charge in [0.2, 0.25) is 0 Å². The number of hydrogen-bond acceptors (Lipinski definition) is 0. The van der Waals surface area contributed by atoms with Crippen LogP contribution in [0.2, 0.25) is 0 Å². The molecule has 0 atom stereocenters. The van der Waals surface area contributed by atoms with Crippen molar-refractivity contribution in [1.29, 1.82) is 0 Å². The maximum Gasteiger partial charge on any atom is -0.000803 e. The topological polar surface area (TPSA) is 0 Å². The monoisotopic (exact) mass is 118 g/mol. The normalized spacial score (nSPS) is 19.0. The highest BCUT2D eigenvalue weighted by Crippen LogP contribution is 2.27. The van der Waals surface area contributed by atoms with Crippen LogP contribution in [-0.2, 0) is 0 Å². The highest BCUT2D eigenvalue weighted by Gasteiger charge is 2.09. The molecule has 1 rings (SSSR count). The summed E-state index contributed by atoms with van der Waals surface area (Å²) in [6.07, 6.45) is 2.05. The summed E-state index contributed by atoms with van der Waals surface area (Å²) in [6, 6.07) is 0. The van der Waals surface area contributed by atoms with Crippen LogP contribution in [0.15, 0.2) is 28.4 Å². The van der Waals surface area contributed by atoms with Gasteiger partial charge in [0.15, 0.2) is 0 Å². The van der Waals surface area contributed by atoms with E-state index < -0.39 is 0 Å². The van der Waals surface area contributed by atoms with Crippen LogP contribution in [0.5, 0.6) is 0 Å². The van der Waals surface area contributed by atoms with Gasteiger partial charge >= 0.3 is 0 Å². The average molecular weight is 118 g/mol. The number of allylic oxidation sites excluding steroid dienone is 5. The SMILES string of the molecule is [C]=C1C(C)=CC(C)=C1C. The van der Waals surface area contributed by atoms with E-state index in [-0.39, 0.29) is 0 Å². The molecule has 0 aromatic heterocycles. The lowest BCUT2D eigenvalue weighted by molar-refractivity contribution is 1.36. The van der Waals surface area contributed by atoms with Crippen molar-refractivity contribution < 1.29 is 0 Å². The highest BCUT2D eigenvalue weighted by molar-refractivity contribution is 5.54. The fourth-order valence-corrected chi connectivity index (χ4v) is 0.998. The van der Waals surface area contributed by atoms with Gasteiger partial charge in [-0.25, -0.2) is 0 Å². The fraction of sp³-hybridized carbons (Fsp3) is 0.333. The molecule has 0 bridgehead atoms. The Morgan fingerprint density at radius 3 is 1.89 bits per heavy atom. The van der Waals surface area contributed by atoms with Gasteiger partial charge in [-0.15, -0.1) is 0 Å². The molecular formula is C9H10. The Labute approximate surface area is 56.6 Å². The summed E-state index contributed by atoms with van der Waals surface area (Å²) in [5.41, 5.74) is 4.14. The predicted octanol–water partition coefficient (Wildman–Crippen LogP) is 2.52. The molecule has 2 radical (unpaired) electrons. The summed E-state index contributed by atoms with van der Waals surface area (Å²) < 4.78 is 0. The van der Waals surface area contributed by atoms with E-state index in [2.05, 4.69) is 6.08 Å². The summed E-state index contributed by atoms with van der Waals surface area (Å²) in [4.78, 5) is 0. The number of rotatable bonds is 0. The van der Waals surface area contributed by atoms with Gasteiger partial charge in [-0.1, -0.05) is 6.08 Å². The molecule has 0 spiro atoms. The van der Waals surface area contributed by atoms with Crippen LogP contribution >= 0.6 is 0 Å². The largest absolute Gasteiger partial charge is 0.0555 e. The lowest BCUT2D eigenvalue weighted by atomic mass is 10.1. The second-order valence-electron chi connectivity index (χ2n) is 2.51. The van der Waals surface area contributed by atoms with Crippen LogP contribution in [-0.4, -0.2) is 0 Å². The Balaban J connectivity index is 3.06. The van der Waals surface area contributed by atoms with Crippen molar-refractivity contribution in [2.75, 3.05) is 0 Å². The van der Waals surface area contributed by atoms with Gasteiger partial charge in [0, 0.05) is 0 Å². The first-order valence-corrected chi connectivity index (χ1v) is 3.08. The van der Waals surface area contributed by atoms with E-state index in [0.29, 0.717) is 5.57 Å². The van der Waals surface area contributed by atoms with E-state index in [1.807, 2.05) is 20.8 Å². The number of hydrogen-bond donors (Lipinski definition) is 0. The van der Waals surface area contributed by atoms with E-state index in [4.69, 9.17) is 6.58 Å². The van der Waals surface area contributed by atoms with Gasteiger partial charge in [0.25, 0.3) is 0 Å². The standard InChI is InChI=1S/C9H10/c1-6-5-7(2)9(4)8(6)3/h5H,1-3H3. The summed E-state index contributed by atoms with van der Waals surface area (Å²) in [7, 11) is 0. The minimum Gasteiger partial charge on any atom is -0.0555 e. The van der Waals surface area contributed by atoms with Gasteiger partial charge in [-0.3, -0.25) is 0 Å². The Morgan fingerprint density at radius 2 is 1.78 bits per heavy atom. The third-order valence-electron chi connectivity index (χ3n) is 1.79. The zero-order chi connectivity index (χ0) is 7.02. The Hall–Kier alpha value is -0.780. The van der Waals surface area contributed by atoms with E-state index in [1.165, 1.54) is 5.57 Å². The molecule has 1 aliphatic rings. The van der Waals surface area contributed by atoms with Crippen molar-refractivity contribution in [3.8, 4) is 0 Å². The van der Waals surface area contributed by atoms with Gasteiger partial charge < -0.3 is 0 Å². The zero-order valence-electron chi connectivity index (χ0n) is 6.08. The molecule has 0 N–H and O–H groups in total. The van der Waals surface area contributed by atoms with Crippen LogP contribution in [0.4, 0.5) is 0 Å². The van der Waals surface area contributed by atoms with Crippen LogP contribution in [0.3, 0.4) is 0 Å². The molecule has 46 valence electrons. The molecule has 0 fully saturated rings. The van der Waals surface area contributed by atoms with Crippen molar-refractivity contribution in [3.05, 3.63) is 34.9 Å². The first-order chi connectivity index (χ1) is 4.13. The van der Waals surface area contributed by atoms with E-state index in [1.54, 1.807) is 0 Å². The average Bonchev–Trinajstić information content (AvgIpc) is 1.98. The van der Waals surface area contributed by atoms with Gasteiger partial charge in [0.1, 0.15) is 0 Å². The Morgan fingerprint density at radius 1 is 1.22 bits per heavy atom. The first kappa shape index (κ1) is 6.34. The lowest BCUT2D eigenvalue weighted by Crippen LogP contribution is -1.77. The Kier molecular flexibility index (Phi) is 1.32. The second kappa shape index (κ2) is 1.87. The second-order valence-corrected chi connectivity index (χ2v) is 2.51. The van der Waals surface area contributed by atoms with E-state index in [9.17, 15) is 0 Å². The predicted molar refractivity (Wildman–Crippen MR) is 38.9 cm³/mol. The maximum atomic E-state index is 7.46. The molecule has 0 aromatic carbocycles. The molecule has 0 heteroatoms. The van der Waals surface area contributed by atoms with Gasteiger partial charge in [-0.2, -0.15) is 0 Å². The molecule has 1 aliphatic carbocycles. The van der Waals surface area contributed by atoms with Crippen LogP contribution in [0, 0.1) is 6.58 Å². The van der Waals surface area contributed by atoms with E-state index >= 15 is 0 Å². The van der Waals surface area contributed by atoms with Gasteiger partial charge in [0.05, 0.1) is 0 Å². The van der Waals surface area contributed by atoms with E-state index in [0.717, 1.165) is 11.1 Å². The minimum atomic E-state index is 0.701. The molecule has 0 saturated heterocycles. The molecule has 0 amide bonds.